The standard InChI is InChI=1S/C18H15BrFN3O3/c1-11(25-15-7-5-14(20)6-8-15)18(24)21-10-16-22-17(23-26-16)12-3-2-4-13(19)9-12/h2-9,11H,10H2,1H3,(H,21,24). The van der Waals surface area contributed by atoms with Crippen LogP contribution in [0.4, 0.5) is 4.39 Å². The van der Waals surface area contributed by atoms with Crippen molar-refractivity contribution in [3.63, 3.8) is 0 Å². The van der Waals surface area contributed by atoms with Crippen molar-refractivity contribution in [1.82, 2.24) is 15.5 Å². The first-order chi connectivity index (χ1) is 12.5. The van der Waals surface area contributed by atoms with Gasteiger partial charge in [-0.2, -0.15) is 4.98 Å². The second kappa shape index (κ2) is 8.09. The molecule has 1 unspecified atom stereocenters. The van der Waals surface area contributed by atoms with Crippen LogP contribution in [-0.4, -0.2) is 22.2 Å². The third-order valence-electron chi connectivity index (χ3n) is 3.46. The topological polar surface area (TPSA) is 77.2 Å². The van der Waals surface area contributed by atoms with Crippen molar-refractivity contribution < 1.29 is 18.4 Å². The molecule has 0 radical (unpaired) electrons. The highest BCUT2D eigenvalue weighted by molar-refractivity contribution is 9.10. The van der Waals surface area contributed by atoms with E-state index in [2.05, 4.69) is 31.4 Å². The van der Waals surface area contributed by atoms with Gasteiger partial charge >= 0.3 is 0 Å². The van der Waals surface area contributed by atoms with Crippen LogP contribution >= 0.6 is 15.9 Å². The number of halogens is 2. The van der Waals surface area contributed by atoms with Gasteiger partial charge in [0.05, 0.1) is 6.54 Å². The molecule has 0 fully saturated rings. The van der Waals surface area contributed by atoms with Gasteiger partial charge in [-0.1, -0.05) is 33.2 Å². The molecule has 8 heteroatoms. The van der Waals surface area contributed by atoms with Crippen LogP contribution in [-0.2, 0) is 11.3 Å². The van der Waals surface area contributed by atoms with Gasteiger partial charge in [0.25, 0.3) is 5.91 Å². The second-order valence-corrected chi connectivity index (χ2v) is 6.37. The highest BCUT2D eigenvalue weighted by Gasteiger charge is 2.16. The Labute approximate surface area is 157 Å². The van der Waals surface area contributed by atoms with E-state index in [9.17, 15) is 9.18 Å². The average Bonchev–Trinajstić information content (AvgIpc) is 3.10. The Kier molecular flexibility index (Phi) is 5.62. The lowest BCUT2D eigenvalue weighted by atomic mass is 10.2. The zero-order chi connectivity index (χ0) is 18.5. The van der Waals surface area contributed by atoms with Crippen molar-refractivity contribution in [3.05, 3.63) is 64.7 Å². The summed E-state index contributed by atoms with van der Waals surface area (Å²) in [5.41, 5.74) is 0.800. The van der Waals surface area contributed by atoms with Crippen molar-refractivity contribution in [2.75, 3.05) is 0 Å². The number of carbonyl (C=O) groups excluding carboxylic acids is 1. The smallest absolute Gasteiger partial charge is 0.261 e. The largest absolute Gasteiger partial charge is 0.481 e. The lowest BCUT2D eigenvalue weighted by Gasteiger charge is -2.13. The summed E-state index contributed by atoms with van der Waals surface area (Å²) < 4.78 is 24.4. The Morgan fingerprint density at radius 2 is 2.08 bits per heavy atom. The molecule has 3 rings (SSSR count). The van der Waals surface area contributed by atoms with Gasteiger partial charge in [0.15, 0.2) is 6.10 Å². The number of amides is 1. The van der Waals surface area contributed by atoms with E-state index < -0.39 is 6.10 Å². The minimum Gasteiger partial charge on any atom is -0.481 e. The maximum atomic E-state index is 12.9. The van der Waals surface area contributed by atoms with Crippen molar-refractivity contribution in [3.8, 4) is 17.1 Å². The van der Waals surface area contributed by atoms with Crippen LogP contribution in [0.1, 0.15) is 12.8 Å². The first-order valence-corrected chi connectivity index (χ1v) is 8.59. The zero-order valence-electron chi connectivity index (χ0n) is 13.8. The van der Waals surface area contributed by atoms with Gasteiger partial charge in [-0.15, -0.1) is 0 Å². The predicted octanol–water partition coefficient (Wildman–Crippen LogP) is 3.72. The van der Waals surface area contributed by atoms with Crippen molar-refractivity contribution in [1.29, 1.82) is 0 Å². The van der Waals surface area contributed by atoms with E-state index in [1.165, 1.54) is 24.3 Å². The van der Waals surface area contributed by atoms with Crippen molar-refractivity contribution >= 4 is 21.8 Å². The first-order valence-electron chi connectivity index (χ1n) is 7.80. The summed E-state index contributed by atoms with van der Waals surface area (Å²) >= 11 is 3.39. The molecular formula is C18H15BrFN3O3. The van der Waals surface area contributed by atoms with Crippen LogP contribution in [0.25, 0.3) is 11.4 Å². The van der Waals surface area contributed by atoms with Gasteiger partial charge in [0.2, 0.25) is 11.7 Å². The highest BCUT2D eigenvalue weighted by Crippen LogP contribution is 2.20. The fourth-order valence-electron chi connectivity index (χ4n) is 2.15. The van der Waals surface area contributed by atoms with Crippen LogP contribution in [0.2, 0.25) is 0 Å². The molecule has 26 heavy (non-hydrogen) atoms. The van der Waals surface area contributed by atoms with Crippen molar-refractivity contribution in [2.24, 2.45) is 0 Å². The van der Waals surface area contributed by atoms with Crippen LogP contribution in [0.5, 0.6) is 5.75 Å². The Morgan fingerprint density at radius 1 is 1.31 bits per heavy atom. The molecular weight excluding hydrogens is 405 g/mol. The van der Waals surface area contributed by atoms with E-state index in [-0.39, 0.29) is 24.2 Å². The van der Waals surface area contributed by atoms with E-state index in [4.69, 9.17) is 9.26 Å². The molecule has 0 spiro atoms. The SMILES string of the molecule is CC(Oc1ccc(F)cc1)C(=O)NCc1nc(-c2cccc(Br)c2)no1. The molecule has 134 valence electrons. The normalized spacial score (nSPS) is 11.8. The lowest BCUT2D eigenvalue weighted by Crippen LogP contribution is -2.35. The van der Waals surface area contributed by atoms with Gasteiger partial charge in [-0.05, 0) is 43.3 Å². The summed E-state index contributed by atoms with van der Waals surface area (Å²) in [6.45, 7) is 1.68. The van der Waals surface area contributed by atoms with Crippen LogP contribution in [0.3, 0.4) is 0 Å². The number of hydrogen-bond donors (Lipinski definition) is 1. The number of carbonyl (C=O) groups is 1. The molecule has 1 N–H and O–H groups in total. The molecule has 0 bridgehead atoms. The third-order valence-corrected chi connectivity index (χ3v) is 3.95. The predicted molar refractivity (Wildman–Crippen MR) is 95.8 cm³/mol. The summed E-state index contributed by atoms with van der Waals surface area (Å²) in [6.07, 6.45) is -0.757. The highest BCUT2D eigenvalue weighted by atomic mass is 79.9. The molecule has 0 saturated carbocycles. The van der Waals surface area contributed by atoms with Crippen LogP contribution in [0.15, 0.2) is 57.5 Å². The Morgan fingerprint density at radius 3 is 2.81 bits per heavy atom. The third kappa shape index (κ3) is 4.66. The van der Waals surface area contributed by atoms with Gasteiger partial charge in [-0.25, -0.2) is 4.39 Å². The molecule has 1 aromatic heterocycles. The molecule has 6 nitrogen and oxygen atoms in total. The van der Waals surface area contributed by atoms with Gasteiger partial charge in [0.1, 0.15) is 11.6 Å². The molecule has 1 heterocycles. The van der Waals surface area contributed by atoms with E-state index in [0.29, 0.717) is 11.6 Å². The average molecular weight is 420 g/mol. The molecule has 1 amide bonds. The fraction of sp³-hybridized carbons (Fsp3) is 0.167. The maximum absolute atomic E-state index is 12.9. The lowest BCUT2D eigenvalue weighted by molar-refractivity contribution is -0.127. The molecule has 0 aliphatic carbocycles. The quantitative estimate of drug-likeness (QED) is 0.658. The first kappa shape index (κ1) is 18.1. The summed E-state index contributed by atoms with van der Waals surface area (Å²) in [6, 6.07) is 12.9. The molecule has 1 atom stereocenters. The number of nitrogens with one attached hydrogen (secondary N) is 1. The molecule has 2 aromatic carbocycles. The van der Waals surface area contributed by atoms with Gasteiger partial charge in [0, 0.05) is 10.0 Å². The fourth-order valence-corrected chi connectivity index (χ4v) is 2.55. The zero-order valence-corrected chi connectivity index (χ0v) is 15.4. The number of hydrogen-bond acceptors (Lipinski definition) is 5. The number of rotatable bonds is 6. The molecule has 0 aliphatic heterocycles. The minimum absolute atomic E-state index is 0.0803. The number of ether oxygens (including phenoxy) is 1. The maximum Gasteiger partial charge on any atom is 0.261 e. The summed E-state index contributed by atoms with van der Waals surface area (Å²) in [7, 11) is 0. The summed E-state index contributed by atoms with van der Waals surface area (Å²) in [5, 5.41) is 6.56. The molecule has 0 saturated heterocycles. The minimum atomic E-state index is -0.757. The van der Waals surface area contributed by atoms with Crippen molar-refractivity contribution in [2.45, 2.75) is 19.6 Å². The Balaban J connectivity index is 1.55. The Bertz CT molecular complexity index is 899. The second-order valence-electron chi connectivity index (χ2n) is 5.45. The molecule has 0 aliphatic rings. The Hall–Kier alpha value is -2.74. The number of aromatic nitrogens is 2. The van der Waals surface area contributed by atoms with E-state index in [1.54, 1.807) is 6.92 Å². The monoisotopic (exact) mass is 419 g/mol. The van der Waals surface area contributed by atoms with Gasteiger partial charge in [-0.3, -0.25) is 4.79 Å². The van der Waals surface area contributed by atoms with E-state index in [0.717, 1.165) is 10.0 Å². The van der Waals surface area contributed by atoms with Crippen LogP contribution in [0, 0.1) is 5.82 Å². The van der Waals surface area contributed by atoms with E-state index in [1.807, 2.05) is 24.3 Å². The van der Waals surface area contributed by atoms with Crippen LogP contribution < -0.4 is 10.1 Å². The number of nitrogens with zero attached hydrogens (tertiary/aromatic N) is 2. The van der Waals surface area contributed by atoms with Gasteiger partial charge < -0.3 is 14.6 Å². The molecule has 3 aromatic rings. The van der Waals surface area contributed by atoms with E-state index >= 15 is 0 Å². The summed E-state index contributed by atoms with van der Waals surface area (Å²) in [5.74, 6) is 0.404. The summed E-state index contributed by atoms with van der Waals surface area (Å²) in [4.78, 5) is 16.4. The number of benzene rings is 2.